The molecule has 1 saturated heterocycles. The molecule has 0 radical (unpaired) electrons. The van der Waals surface area contributed by atoms with Crippen molar-refractivity contribution >= 4 is 11.3 Å². The molecule has 84 valence electrons. The molecular formula is C11H19N3S. The van der Waals surface area contributed by atoms with E-state index >= 15 is 0 Å². The normalized spacial score (nSPS) is 31.9. The highest BCUT2D eigenvalue weighted by molar-refractivity contribution is 7.11. The third-order valence-corrected chi connectivity index (χ3v) is 4.74. The Morgan fingerprint density at radius 2 is 2.27 bits per heavy atom. The van der Waals surface area contributed by atoms with Crippen LogP contribution in [0.2, 0.25) is 0 Å². The molecule has 0 aliphatic carbocycles. The Balaban J connectivity index is 2.34. The zero-order valence-electron chi connectivity index (χ0n) is 9.63. The Hall–Kier alpha value is -0.450. The third kappa shape index (κ3) is 1.82. The number of aryl methyl sites for hydroxylation is 2. The van der Waals surface area contributed by atoms with Crippen LogP contribution in [0.3, 0.4) is 0 Å². The van der Waals surface area contributed by atoms with Crippen LogP contribution in [0.15, 0.2) is 0 Å². The number of aromatic nitrogens is 1. The van der Waals surface area contributed by atoms with Crippen LogP contribution in [0.25, 0.3) is 0 Å². The predicted molar refractivity (Wildman–Crippen MR) is 64.1 cm³/mol. The first kappa shape index (κ1) is 11.0. The highest BCUT2D eigenvalue weighted by Crippen LogP contribution is 2.35. The second kappa shape index (κ2) is 3.85. The van der Waals surface area contributed by atoms with Crippen molar-refractivity contribution in [2.75, 3.05) is 13.1 Å². The van der Waals surface area contributed by atoms with Gasteiger partial charge in [0.15, 0.2) is 0 Å². The van der Waals surface area contributed by atoms with Crippen LogP contribution in [0.1, 0.15) is 28.9 Å². The Morgan fingerprint density at radius 1 is 1.53 bits per heavy atom. The molecule has 0 aromatic carbocycles. The van der Waals surface area contributed by atoms with E-state index in [-0.39, 0.29) is 5.54 Å². The molecule has 2 rings (SSSR count). The van der Waals surface area contributed by atoms with E-state index in [4.69, 9.17) is 5.73 Å². The Labute approximate surface area is 95.1 Å². The lowest BCUT2D eigenvalue weighted by Crippen LogP contribution is -2.52. The van der Waals surface area contributed by atoms with E-state index in [1.807, 2.05) is 0 Å². The Bertz CT molecular complexity index is 341. The summed E-state index contributed by atoms with van der Waals surface area (Å²) in [5, 5.41) is 4.49. The average molecular weight is 225 g/mol. The quantitative estimate of drug-likeness (QED) is 0.762. The van der Waals surface area contributed by atoms with Gasteiger partial charge in [0.1, 0.15) is 5.01 Å². The predicted octanol–water partition coefficient (Wildman–Crippen LogP) is 1.54. The minimum Gasteiger partial charge on any atom is -0.319 e. The van der Waals surface area contributed by atoms with Crippen LogP contribution in [0.4, 0.5) is 0 Å². The molecule has 0 spiro atoms. The Kier molecular flexibility index (Phi) is 2.83. The van der Waals surface area contributed by atoms with E-state index in [0.29, 0.717) is 5.92 Å². The summed E-state index contributed by atoms with van der Waals surface area (Å²) < 4.78 is 0. The van der Waals surface area contributed by atoms with Crippen LogP contribution in [-0.2, 0) is 5.54 Å². The molecular weight excluding hydrogens is 206 g/mol. The highest BCUT2D eigenvalue weighted by Gasteiger charge is 2.38. The number of nitrogens with one attached hydrogen (secondary N) is 1. The Morgan fingerprint density at radius 3 is 2.80 bits per heavy atom. The summed E-state index contributed by atoms with van der Waals surface area (Å²) in [6.07, 6.45) is 0.987. The van der Waals surface area contributed by atoms with Crippen LogP contribution >= 0.6 is 11.3 Å². The molecule has 1 aliphatic rings. The SMILES string of the molecule is Cc1nc(C2(N)CCNCC2C)sc1C. The molecule has 0 bridgehead atoms. The van der Waals surface area contributed by atoms with Gasteiger partial charge in [0.05, 0.1) is 11.2 Å². The van der Waals surface area contributed by atoms with Gasteiger partial charge in [-0.1, -0.05) is 6.92 Å². The number of rotatable bonds is 1. The topological polar surface area (TPSA) is 50.9 Å². The maximum atomic E-state index is 6.51. The van der Waals surface area contributed by atoms with E-state index in [2.05, 4.69) is 31.1 Å². The summed E-state index contributed by atoms with van der Waals surface area (Å²) in [6, 6.07) is 0. The molecule has 0 saturated carbocycles. The first-order valence-electron chi connectivity index (χ1n) is 5.48. The van der Waals surface area contributed by atoms with Crippen molar-refractivity contribution in [2.45, 2.75) is 32.7 Å². The first-order chi connectivity index (χ1) is 7.04. The number of hydrogen-bond donors (Lipinski definition) is 2. The third-order valence-electron chi connectivity index (χ3n) is 3.47. The second-order valence-electron chi connectivity index (χ2n) is 4.56. The minimum atomic E-state index is -0.213. The van der Waals surface area contributed by atoms with Crippen LogP contribution in [0.5, 0.6) is 0 Å². The summed E-state index contributed by atoms with van der Waals surface area (Å²) in [7, 11) is 0. The molecule has 1 aliphatic heterocycles. The van der Waals surface area contributed by atoms with Gasteiger partial charge in [-0.15, -0.1) is 11.3 Å². The summed E-state index contributed by atoms with van der Waals surface area (Å²) in [6.45, 7) is 8.38. The molecule has 2 heterocycles. The number of thiazole rings is 1. The number of piperidine rings is 1. The van der Waals surface area contributed by atoms with Crippen molar-refractivity contribution in [3.8, 4) is 0 Å². The largest absolute Gasteiger partial charge is 0.319 e. The van der Waals surface area contributed by atoms with Crippen molar-refractivity contribution < 1.29 is 0 Å². The molecule has 2 unspecified atom stereocenters. The minimum absolute atomic E-state index is 0.213. The van der Waals surface area contributed by atoms with Crippen LogP contribution in [0, 0.1) is 19.8 Å². The maximum absolute atomic E-state index is 6.51. The molecule has 15 heavy (non-hydrogen) atoms. The zero-order chi connectivity index (χ0) is 11.1. The van der Waals surface area contributed by atoms with Crippen molar-refractivity contribution in [3.05, 3.63) is 15.6 Å². The highest BCUT2D eigenvalue weighted by atomic mass is 32.1. The fraction of sp³-hybridized carbons (Fsp3) is 0.727. The number of nitrogens with zero attached hydrogens (tertiary/aromatic N) is 1. The van der Waals surface area contributed by atoms with E-state index in [1.54, 1.807) is 11.3 Å². The van der Waals surface area contributed by atoms with Gasteiger partial charge in [-0.05, 0) is 39.3 Å². The van der Waals surface area contributed by atoms with Gasteiger partial charge in [0.2, 0.25) is 0 Å². The summed E-state index contributed by atoms with van der Waals surface area (Å²) in [5.74, 6) is 0.455. The van der Waals surface area contributed by atoms with E-state index in [9.17, 15) is 0 Å². The van der Waals surface area contributed by atoms with E-state index in [1.165, 1.54) is 4.88 Å². The van der Waals surface area contributed by atoms with Gasteiger partial charge in [0.25, 0.3) is 0 Å². The molecule has 4 heteroatoms. The second-order valence-corrected chi connectivity index (χ2v) is 5.76. The number of nitrogens with two attached hydrogens (primary N) is 1. The average Bonchev–Trinajstić information content (AvgIpc) is 2.53. The van der Waals surface area contributed by atoms with Gasteiger partial charge < -0.3 is 11.1 Å². The molecule has 2 atom stereocenters. The van der Waals surface area contributed by atoms with Gasteiger partial charge in [-0.25, -0.2) is 4.98 Å². The molecule has 0 amide bonds. The van der Waals surface area contributed by atoms with Crippen molar-refractivity contribution in [2.24, 2.45) is 11.7 Å². The van der Waals surface area contributed by atoms with Gasteiger partial charge in [-0.2, -0.15) is 0 Å². The van der Waals surface area contributed by atoms with Gasteiger partial charge >= 0.3 is 0 Å². The van der Waals surface area contributed by atoms with Crippen molar-refractivity contribution in [3.63, 3.8) is 0 Å². The summed E-state index contributed by atoms with van der Waals surface area (Å²) in [5.41, 5.74) is 7.43. The summed E-state index contributed by atoms with van der Waals surface area (Å²) >= 11 is 1.76. The van der Waals surface area contributed by atoms with Crippen molar-refractivity contribution in [1.82, 2.24) is 10.3 Å². The lowest BCUT2D eigenvalue weighted by atomic mass is 9.81. The molecule has 3 nitrogen and oxygen atoms in total. The van der Waals surface area contributed by atoms with Gasteiger partial charge in [-0.3, -0.25) is 0 Å². The molecule has 1 fully saturated rings. The summed E-state index contributed by atoms with van der Waals surface area (Å²) in [4.78, 5) is 5.91. The molecule has 1 aromatic rings. The fourth-order valence-electron chi connectivity index (χ4n) is 2.03. The molecule has 1 aromatic heterocycles. The standard InChI is InChI=1S/C11H19N3S/c1-7-6-13-5-4-11(7,12)10-14-8(2)9(3)15-10/h7,13H,4-6,12H2,1-3H3. The van der Waals surface area contributed by atoms with Crippen LogP contribution in [-0.4, -0.2) is 18.1 Å². The first-order valence-corrected chi connectivity index (χ1v) is 6.30. The lowest BCUT2D eigenvalue weighted by molar-refractivity contribution is 0.222. The van der Waals surface area contributed by atoms with E-state index in [0.717, 1.165) is 30.2 Å². The molecule has 3 N–H and O–H groups in total. The lowest BCUT2D eigenvalue weighted by Gasteiger charge is -2.38. The maximum Gasteiger partial charge on any atom is 0.113 e. The zero-order valence-corrected chi connectivity index (χ0v) is 10.4. The van der Waals surface area contributed by atoms with Crippen LogP contribution < -0.4 is 11.1 Å². The monoisotopic (exact) mass is 225 g/mol. The van der Waals surface area contributed by atoms with Crippen molar-refractivity contribution in [1.29, 1.82) is 0 Å². The smallest absolute Gasteiger partial charge is 0.113 e. The van der Waals surface area contributed by atoms with E-state index < -0.39 is 0 Å². The fourth-order valence-corrected chi connectivity index (χ4v) is 3.19. The number of hydrogen-bond acceptors (Lipinski definition) is 4. The van der Waals surface area contributed by atoms with Gasteiger partial charge in [0, 0.05) is 4.88 Å².